The van der Waals surface area contributed by atoms with E-state index in [9.17, 15) is 4.39 Å². The van der Waals surface area contributed by atoms with Gasteiger partial charge in [-0.15, -0.1) is 24.8 Å². The highest BCUT2D eigenvalue weighted by Gasteiger charge is 2.23. The van der Waals surface area contributed by atoms with Gasteiger partial charge >= 0.3 is 0 Å². The first-order valence-corrected chi connectivity index (χ1v) is 7.70. The third kappa shape index (κ3) is 5.30. The first-order valence-electron chi connectivity index (χ1n) is 6.62. The van der Waals surface area contributed by atoms with Crippen molar-refractivity contribution in [2.24, 2.45) is 0 Å². The fraction of sp³-hybridized carbons (Fsp3) is 0.571. The summed E-state index contributed by atoms with van der Waals surface area (Å²) < 4.78 is 15.2. The van der Waals surface area contributed by atoms with Crippen LogP contribution in [0.2, 0.25) is 0 Å². The van der Waals surface area contributed by atoms with E-state index in [0.717, 1.165) is 48.2 Å². The van der Waals surface area contributed by atoms with Crippen molar-refractivity contribution in [3.05, 3.63) is 33.1 Å². The molecule has 0 aromatic heterocycles. The molecular weight excluding hydrogens is 413 g/mol. The van der Waals surface area contributed by atoms with Crippen molar-refractivity contribution in [1.29, 1.82) is 0 Å². The fourth-order valence-corrected chi connectivity index (χ4v) is 3.09. The van der Waals surface area contributed by atoms with E-state index in [-0.39, 0.29) is 36.7 Å². The van der Waals surface area contributed by atoms with Crippen LogP contribution in [-0.2, 0) is 0 Å². The zero-order valence-electron chi connectivity index (χ0n) is 11.6. The predicted octanol–water partition coefficient (Wildman–Crippen LogP) is 4.02. The van der Waals surface area contributed by atoms with Crippen LogP contribution in [0, 0.1) is 9.39 Å². The van der Waals surface area contributed by atoms with Gasteiger partial charge in [-0.3, -0.25) is 4.90 Å². The van der Waals surface area contributed by atoms with Crippen LogP contribution in [0.4, 0.5) is 4.39 Å². The van der Waals surface area contributed by atoms with Crippen LogP contribution in [0.3, 0.4) is 0 Å². The van der Waals surface area contributed by atoms with Crippen LogP contribution in [0.1, 0.15) is 31.4 Å². The SMILES string of the molecule is CCC[C@@H](c1cc(I)ccc1F)N1CCNCC1.Cl.Cl. The van der Waals surface area contributed by atoms with Gasteiger partial charge in [-0.25, -0.2) is 4.39 Å². The molecule has 0 spiro atoms. The minimum atomic E-state index is -0.0626. The van der Waals surface area contributed by atoms with Gasteiger partial charge in [0.15, 0.2) is 0 Å². The van der Waals surface area contributed by atoms with Crippen LogP contribution in [0.15, 0.2) is 18.2 Å². The van der Waals surface area contributed by atoms with Gasteiger partial charge in [0.05, 0.1) is 0 Å². The Balaban J connectivity index is 0.00000180. The molecule has 0 unspecified atom stereocenters. The highest BCUT2D eigenvalue weighted by molar-refractivity contribution is 14.1. The van der Waals surface area contributed by atoms with E-state index < -0.39 is 0 Å². The summed E-state index contributed by atoms with van der Waals surface area (Å²) in [6.45, 7) is 6.20. The molecule has 116 valence electrons. The molecule has 1 heterocycles. The molecule has 6 heteroatoms. The second-order valence-corrected chi connectivity index (χ2v) is 6.00. The topological polar surface area (TPSA) is 15.3 Å². The van der Waals surface area contributed by atoms with Crippen LogP contribution in [0.25, 0.3) is 0 Å². The predicted molar refractivity (Wildman–Crippen MR) is 95.7 cm³/mol. The Morgan fingerprint density at radius 3 is 2.55 bits per heavy atom. The molecule has 1 saturated heterocycles. The summed E-state index contributed by atoms with van der Waals surface area (Å²) in [4.78, 5) is 2.41. The van der Waals surface area contributed by atoms with Gasteiger partial charge in [0, 0.05) is 41.4 Å². The summed E-state index contributed by atoms with van der Waals surface area (Å²) in [5, 5.41) is 3.35. The number of halogens is 4. The van der Waals surface area contributed by atoms with Gasteiger partial charge in [-0.05, 0) is 47.2 Å². The molecule has 1 aromatic rings. The summed E-state index contributed by atoms with van der Waals surface area (Å²) in [6.07, 6.45) is 2.11. The quantitative estimate of drug-likeness (QED) is 0.720. The number of nitrogens with zero attached hydrogens (tertiary/aromatic N) is 1. The Morgan fingerprint density at radius 1 is 1.30 bits per heavy atom. The summed E-state index contributed by atoms with van der Waals surface area (Å²) in [5.74, 6) is -0.0626. The van der Waals surface area contributed by atoms with Gasteiger partial charge in [0.1, 0.15) is 5.82 Å². The summed E-state index contributed by atoms with van der Waals surface area (Å²) in [6, 6.07) is 5.66. The molecule has 1 N–H and O–H groups in total. The number of piperazine rings is 1. The third-order valence-electron chi connectivity index (χ3n) is 3.47. The number of hydrogen-bond acceptors (Lipinski definition) is 2. The van der Waals surface area contributed by atoms with E-state index in [1.807, 2.05) is 12.1 Å². The minimum Gasteiger partial charge on any atom is -0.314 e. The molecule has 0 aliphatic carbocycles. The summed E-state index contributed by atoms with van der Waals surface area (Å²) in [5.41, 5.74) is 0.866. The largest absolute Gasteiger partial charge is 0.314 e. The van der Waals surface area contributed by atoms with Crippen molar-refractivity contribution in [3.8, 4) is 0 Å². The Morgan fingerprint density at radius 2 is 1.95 bits per heavy atom. The number of hydrogen-bond donors (Lipinski definition) is 1. The smallest absolute Gasteiger partial charge is 0.128 e. The van der Waals surface area contributed by atoms with Crippen LogP contribution < -0.4 is 5.32 Å². The maximum Gasteiger partial charge on any atom is 0.128 e. The maximum absolute atomic E-state index is 14.1. The lowest BCUT2D eigenvalue weighted by molar-refractivity contribution is 0.161. The number of rotatable bonds is 4. The van der Waals surface area contributed by atoms with Crippen molar-refractivity contribution < 1.29 is 4.39 Å². The molecule has 1 aliphatic heterocycles. The Labute approximate surface area is 146 Å². The lowest BCUT2D eigenvalue weighted by atomic mass is 9.99. The fourth-order valence-electron chi connectivity index (χ4n) is 2.57. The first-order chi connectivity index (χ1) is 8.72. The molecule has 1 atom stereocenters. The number of nitrogens with one attached hydrogen (secondary N) is 1. The molecule has 1 fully saturated rings. The van der Waals surface area contributed by atoms with Gasteiger partial charge in [0.2, 0.25) is 0 Å². The third-order valence-corrected chi connectivity index (χ3v) is 4.14. The van der Waals surface area contributed by atoms with E-state index in [4.69, 9.17) is 0 Å². The van der Waals surface area contributed by atoms with E-state index in [0.29, 0.717) is 0 Å². The molecule has 2 rings (SSSR count). The Bertz CT molecular complexity index is 401. The maximum atomic E-state index is 14.1. The zero-order chi connectivity index (χ0) is 13.0. The second-order valence-electron chi connectivity index (χ2n) is 4.76. The molecule has 2 nitrogen and oxygen atoms in total. The normalized spacial score (nSPS) is 16.9. The highest BCUT2D eigenvalue weighted by atomic mass is 127. The zero-order valence-corrected chi connectivity index (χ0v) is 15.4. The molecule has 0 bridgehead atoms. The Kier molecular flexibility index (Phi) is 10.4. The van der Waals surface area contributed by atoms with Crippen molar-refractivity contribution >= 4 is 47.4 Å². The first kappa shape index (κ1) is 20.4. The average molecular weight is 435 g/mol. The van der Waals surface area contributed by atoms with Gasteiger partial charge in [0.25, 0.3) is 0 Å². The van der Waals surface area contributed by atoms with E-state index in [2.05, 4.69) is 39.7 Å². The standard InChI is InChI=1S/C14H20FIN2.2ClH/c1-2-3-14(18-8-6-17-7-9-18)12-10-11(16)4-5-13(12)15;;/h4-5,10,14,17H,2-3,6-9H2,1H3;2*1H/t14-;;/m0../s1. The van der Waals surface area contributed by atoms with Crippen molar-refractivity contribution in [2.75, 3.05) is 26.2 Å². The lowest BCUT2D eigenvalue weighted by Gasteiger charge is -2.35. The van der Waals surface area contributed by atoms with Gasteiger partial charge in [-0.2, -0.15) is 0 Å². The Hall–Kier alpha value is 0.380. The molecule has 1 aromatic carbocycles. The summed E-state index contributed by atoms with van der Waals surface area (Å²) in [7, 11) is 0. The molecule has 1 aliphatic rings. The van der Waals surface area contributed by atoms with Crippen molar-refractivity contribution in [2.45, 2.75) is 25.8 Å². The van der Waals surface area contributed by atoms with Crippen LogP contribution in [0.5, 0.6) is 0 Å². The van der Waals surface area contributed by atoms with E-state index in [1.54, 1.807) is 6.07 Å². The summed E-state index contributed by atoms with van der Waals surface area (Å²) >= 11 is 2.26. The van der Waals surface area contributed by atoms with Crippen LogP contribution >= 0.6 is 47.4 Å². The highest BCUT2D eigenvalue weighted by Crippen LogP contribution is 2.29. The van der Waals surface area contributed by atoms with Gasteiger partial charge < -0.3 is 5.32 Å². The minimum absolute atomic E-state index is 0. The molecule has 0 radical (unpaired) electrons. The number of benzene rings is 1. The van der Waals surface area contributed by atoms with E-state index >= 15 is 0 Å². The second kappa shape index (κ2) is 10.2. The average Bonchev–Trinajstić information content (AvgIpc) is 2.40. The monoisotopic (exact) mass is 434 g/mol. The molecule has 20 heavy (non-hydrogen) atoms. The van der Waals surface area contributed by atoms with Crippen molar-refractivity contribution in [1.82, 2.24) is 10.2 Å². The lowest BCUT2D eigenvalue weighted by Crippen LogP contribution is -2.45. The molecular formula is C14H22Cl2FIN2. The van der Waals surface area contributed by atoms with Crippen LogP contribution in [-0.4, -0.2) is 31.1 Å². The van der Waals surface area contributed by atoms with Crippen molar-refractivity contribution in [3.63, 3.8) is 0 Å². The molecule has 0 saturated carbocycles. The van der Waals surface area contributed by atoms with Gasteiger partial charge in [-0.1, -0.05) is 13.3 Å². The molecule has 0 amide bonds. The van der Waals surface area contributed by atoms with E-state index in [1.165, 1.54) is 0 Å².